The number of carbonyl (C=O) groups excluding carboxylic acids is 1. The van der Waals surface area contributed by atoms with Gasteiger partial charge < -0.3 is 14.2 Å². The highest BCUT2D eigenvalue weighted by molar-refractivity contribution is 6.08. The zero-order valence-corrected chi connectivity index (χ0v) is 14.9. The van der Waals surface area contributed by atoms with Crippen LogP contribution in [0.15, 0.2) is 18.2 Å². The van der Waals surface area contributed by atoms with Gasteiger partial charge in [-0.25, -0.2) is 0 Å². The van der Waals surface area contributed by atoms with Gasteiger partial charge in [-0.3, -0.25) is 4.79 Å². The van der Waals surface area contributed by atoms with Gasteiger partial charge in [-0.05, 0) is 31.5 Å². The number of aryl methyl sites for hydroxylation is 1. The van der Waals surface area contributed by atoms with Gasteiger partial charge in [0.25, 0.3) is 5.91 Å². The first-order chi connectivity index (χ1) is 11.7. The molecule has 138 valence electrons. The van der Waals surface area contributed by atoms with Gasteiger partial charge in [-0.15, -0.1) is 0 Å². The molecule has 2 aromatic rings. The van der Waals surface area contributed by atoms with Crippen molar-refractivity contribution in [3.63, 3.8) is 0 Å². The number of rotatable bonds is 6. The lowest BCUT2D eigenvalue weighted by Gasteiger charge is -2.18. The molecule has 1 amide bonds. The summed E-state index contributed by atoms with van der Waals surface area (Å²) in [7, 11) is 2.94. The van der Waals surface area contributed by atoms with Crippen molar-refractivity contribution in [2.24, 2.45) is 0 Å². The Kier molecular flexibility index (Phi) is 5.65. The van der Waals surface area contributed by atoms with Crippen LogP contribution < -0.4 is 4.74 Å². The number of hydrogen-bond acceptors (Lipinski definition) is 2. The predicted octanol–water partition coefficient (Wildman–Crippen LogP) is 4.39. The van der Waals surface area contributed by atoms with Gasteiger partial charge in [-0.2, -0.15) is 13.2 Å². The van der Waals surface area contributed by atoms with Crippen molar-refractivity contribution < 1.29 is 22.7 Å². The van der Waals surface area contributed by atoms with Crippen LogP contribution in [0.1, 0.15) is 35.8 Å². The third kappa shape index (κ3) is 4.08. The lowest BCUT2D eigenvalue weighted by atomic mass is 10.1. The second-order valence-electron chi connectivity index (χ2n) is 6.09. The van der Waals surface area contributed by atoms with Crippen LogP contribution in [0.5, 0.6) is 5.75 Å². The molecule has 0 radical (unpaired) electrons. The summed E-state index contributed by atoms with van der Waals surface area (Å²) in [6.45, 7) is 4.22. The number of fused-ring (bicyclic) bond motifs is 1. The van der Waals surface area contributed by atoms with Gasteiger partial charge in [0.05, 0.1) is 19.1 Å². The summed E-state index contributed by atoms with van der Waals surface area (Å²) in [6.07, 6.45) is -4.43. The summed E-state index contributed by atoms with van der Waals surface area (Å²) in [4.78, 5) is 13.9. The number of aromatic nitrogens is 1. The van der Waals surface area contributed by atoms with Crippen LogP contribution in [0.2, 0.25) is 0 Å². The molecular formula is C18H23F3N2O2. The van der Waals surface area contributed by atoms with Crippen LogP contribution >= 0.6 is 0 Å². The number of halogens is 3. The van der Waals surface area contributed by atoms with E-state index in [-0.39, 0.29) is 6.54 Å². The van der Waals surface area contributed by atoms with Crippen molar-refractivity contribution in [3.05, 3.63) is 29.5 Å². The molecule has 7 heteroatoms. The minimum atomic E-state index is -4.29. The molecule has 1 heterocycles. The number of hydrogen-bond donors (Lipinski definition) is 0. The highest BCUT2D eigenvalue weighted by Crippen LogP contribution is 2.31. The lowest BCUT2D eigenvalue weighted by molar-refractivity contribution is -0.136. The Morgan fingerprint density at radius 1 is 1.32 bits per heavy atom. The summed E-state index contributed by atoms with van der Waals surface area (Å²) in [6, 6.07) is 5.46. The maximum Gasteiger partial charge on any atom is 0.390 e. The van der Waals surface area contributed by atoms with Crippen LogP contribution in [0, 0.1) is 6.92 Å². The van der Waals surface area contributed by atoms with Gasteiger partial charge in [-0.1, -0.05) is 6.92 Å². The van der Waals surface area contributed by atoms with E-state index in [4.69, 9.17) is 4.74 Å². The van der Waals surface area contributed by atoms with E-state index >= 15 is 0 Å². The Morgan fingerprint density at radius 2 is 2.00 bits per heavy atom. The van der Waals surface area contributed by atoms with Crippen molar-refractivity contribution in [1.29, 1.82) is 0 Å². The number of amides is 1. The van der Waals surface area contributed by atoms with Crippen molar-refractivity contribution in [2.75, 3.05) is 20.7 Å². The summed E-state index contributed by atoms with van der Waals surface area (Å²) >= 11 is 0. The standard InChI is InChI=1S/C18H23F3N2O2/c1-5-9-23-12(2)16(14-11-13(25-4)6-7-15(14)23)17(24)22(3)10-8-18(19,20)21/h6-7,11H,5,8-10H2,1-4H3. The van der Waals surface area contributed by atoms with Crippen LogP contribution in [-0.2, 0) is 6.54 Å². The van der Waals surface area contributed by atoms with Crippen molar-refractivity contribution in [2.45, 2.75) is 39.4 Å². The van der Waals surface area contributed by atoms with Crippen molar-refractivity contribution >= 4 is 16.8 Å². The largest absolute Gasteiger partial charge is 0.497 e. The Hall–Kier alpha value is -2.18. The summed E-state index contributed by atoms with van der Waals surface area (Å²) in [5.74, 6) is 0.197. The number of ether oxygens (including phenoxy) is 1. The number of alkyl halides is 3. The molecule has 0 saturated carbocycles. The molecule has 0 N–H and O–H groups in total. The van der Waals surface area contributed by atoms with Crippen LogP contribution in [0.25, 0.3) is 10.9 Å². The van der Waals surface area contributed by atoms with E-state index in [1.165, 1.54) is 14.2 Å². The van der Waals surface area contributed by atoms with E-state index in [1.54, 1.807) is 6.07 Å². The molecule has 0 aliphatic heterocycles. The molecule has 1 aromatic carbocycles. The molecule has 0 bridgehead atoms. The fourth-order valence-electron chi connectivity index (χ4n) is 2.96. The van der Waals surface area contributed by atoms with Crippen molar-refractivity contribution in [3.8, 4) is 5.75 Å². The van der Waals surface area contributed by atoms with Crippen LogP contribution in [0.3, 0.4) is 0 Å². The Bertz CT molecular complexity index is 766. The van der Waals surface area contributed by atoms with E-state index in [2.05, 4.69) is 0 Å². The number of benzene rings is 1. The number of nitrogens with zero attached hydrogens (tertiary/aromatic N) is 2. The van der Waals surface area contributed by atoms with Gasteiger partial charge in [0.2, 0.25) is 0 Å². The SMILES string of the molecule is CCCn1c(C)c(C(=O)N(C)CCC(F)(F)F)c2cc(OC)ccc21. The first kappa shape index (κ1) is 19.1. The highest BCUT2D eigenvalue weighted by Gasteiger charge is 2.29. The fraction of sp³-hybridized carbons (Fsp3) is 0.500. The molecule has 0 saturated heterocycles. The normalized spacial score (nSPS) is 11.8. The molecule has 25 heavy (non-hydrogen) atoms. The summed E-state index contributed by atoms with van der Waals surface area (Å²) in [5.41, 5.74) is 2.08. The zero-order chi connectivity index (χ0) is 18.8. The Balaban J connectivity index is 2.47. The molecule has 0 atom stereocenters. The minimum Gasteiger partial charge on any atom is -0.497 e. The minimum absolute atomic E-state index is 0.369. The molecule has 0 spiro atoms. The molecule has 0 aliphatic rings. The van der Waals surface area contributed by atoms with E-state index in [1.807, 2.05) is 30.5 Å². The molecule has 0 unspecified atom stereocenters. The Labute approximate surface area is 145 Å². The fourth-order valence-corrected chi connectivity index (χ4v) is 2.96. The third-order valence-electron chi connectivity index (χ3n) is 4.27. The lowest BCUT2D eigenvalue weighted by Crippen LogP contribution is -2.31. The zero-order valence-electron chi connectivity index (χ0n) is 14.9. The molecule has 1 aromatic heterocycles. The monoisotopic (exact) mass is 356 g/mol. The van der Waals surface area contributed by atoms with Crippen molar-refractivity contribution in [1.82, 2.24) is 9.47 Å². The van der Waals surface area contributed by atoms with Crippen LogP contribution in [0.4, 0.5) is 13.2 Å². The van der Waals surface area contributed by atoms with E-state index in [0.717, 1.165) is 29.1 Å². The first-order valence-electron chi connectivity index (χ1n) is 8.18. The first-order valence-corrected chi connectivity index (χ1v) is 8.18. The van der Waals surface area contributed by atoms with Gasteiger partial charge in [0.15, 0.2) is 0 Å². The predicted molar refractivity (Wildman–Crippen MR) is 91.2 cm³/mol. The quantitative estimate of drug-likeness (QED) is 0.769. The molecule has 4 nitrogen and oxygen atoms in total. The molecule has 2 rings (SSSR count). The smallest absolute Gasteiger partial charge is 0.390 e. The van der Waals surface area contributed by atoms with E-state index < -0.39 is 18.5 Å². The second kappa shape index (κ2) is 7.37. The topological polar surface area (TPSA) is 34.5 Å². The second-order valence-corrected chi connectivity index (χ2v) is 6.09. The Morgan fingerprint density at radius 3 is 2.56 bits per heavy atom. The maximum absolute atomic E-state index is 12.8. The molecular weight excluding hydrogens is 333 g/mol. The number of methoxy groups -OCH3 is 1. The average molecular weight is 356 g/mol. The van der Waals surface area contributed by atoms with Gasteiger partial charge in [0, 0.05) is 36.7 Å². The van der Waals surface area contributed by atoms with Crippen LogP contribution in [-0.4, -0.2) is 42.3 Å². The highest BCUT2D eigenvalue weighted by atomic mass is 19.4. The molecule has 0 aliphatic carbocycles. The summed E-state index contributed by atoms with van der Waals surface area (Å²) < 4.78 is 44.6. The maximum atomic E-state index is 12.8. The average Bonchev–Trinajstić information content (AvgIpc) is 2.83. The third-order valence-corrected chi connectivity index (χ3v) is 4.27. The van der Waals surface area contributed by atoms with Gasteiger partial charge in [0.1, 0.15) is 5.75 Å². The number of carbonyl (C=O) groups is 1. The molecule has 0 fully saturated rings. The van der Waals surface area contributed by atoms with E-state index in [9.17, 15) is 18.0 Å². The van der Waals surface area contributed by atoms with Gasteiger partial charge >= 0.3 is 6.18 Å². The van der Waals surface area contributed by atoms with E-state index in [0.29, 0.717) is 16.7 Å². The summed E-state index contributed by atoms with van der Waals surface area (Å²) in [5, 5.41) is 0.703.